The minimum Gasteiger partial charge on any atom is -0.477 e. The van der Waals surface area contributed by atoms with Gasteiger partial charge in [0.05, 0.1) is 21.3 Å². The first-order valence-electron chi connectivity index (χ1n) is 5.18. The van der Waals surface area contributed by atoms with E-state index in [1.807, 2.05) is 0 Å². The van der Waals surface area contributed by atoms with Gasteiger partial charge in [-0.05, 0) is 24.3 Å². The number of carbonyl (C=O) groups is 1. The summed E-state index contributed by atoms with van der Waals surface area (Å²) in [5, 5.41) is 8.92. The van der Waals surface area contributed by atoms with Crippen LogP contribution in [-0.4, -0.2) is 15.6 Å². The molecule has 0 unspecified atom stereocenters. The number of hydrogen-bond acceptors (Lipinski definition) is 1. The van der Waals surface area contributed by atoms with Gasteiger partial charge in [0.2, 0.25) is 0 Å². The Morgan fingerprint density at radius 2 is 1.85 bits per heavy atom. The first-order chi connectivity index (χ1) is 9.20. The monoisotopic (exact) mass is 323 g/mol. The van der Waals surface area contributed by atoms with Crippen LogP contribution >= 0.6 is 23.2 Å². The highest BCUT2D eigenvalue weighted by Gasteiger charge is 2.31. The average Bonchev–Trinajstić information content (AvgIpc) is 2.70. The van der Waals surface area contributed by atoms with Gasteiger partial charge in [0.15, 0.2) is 0 Å². The van der Waals surface area contributed by atoms with Crippen LogP contribution in [0.2, 0.25) is 10.0 Å². The zero-order chi connectivity index (χ0) is 15.1. The van der Waals surface area contributed by atoms with Crippen molar-refractivity contribution in [1.82, 2.24) is 4.57 Å². The number of carboxylic acids is 1. The fourth-order valence-electron chi connectivity index (χ4n) is 1.67. The van der Waals surface area contributed by atoms with Gasteiger partial charge in [0, 0.05) is 6.20 Å². The van der Waals surface area contributed by atoms with E-state index in [1.165, 1.54) is 12.3 Å². The molecule has 0 saturated carbocycles. The lowest BCUT2D eigenvalue weighted by molar-refractivity contribution is -0.137. The molecule has 1 aromatic carbocycles. The molecule has 2 aromatic rings. The first kappa shape index (κ1) is 14.7. The van der Waals surface area contributed by atoms with Crippen LogP contribution in [0.3, 0.4) is 0 Å². The van der Waals surface area contributed by atoms with Crippen LogP contribution < -0.4 is 0 Å². The Labute approximate surface area is 121 Å². The SMILES string of the molecule is O=C(O)c1cc(Cl)cn1-c1ccc(C(F)(F)F)cc1Cl. The van der Waals surface area contributed by atoms with Gasteiger partial charge in [-0.3, -0.25) is 0 Å². The van der Waals surface area contributed by atoms with Crippen LogP contribution in [0.25, 0.3) is 5.69 Å². The van der Waals surface area contributed by atoms with Gasteiger partial charge in [0.1, 0.15) is 5.69 Å². The van der Waals surface area contributed by atoms with Crippen LogP contribution in [0.5, 0.6) is 0 Å². The highest BCUT2D eigenvalue weighted by Crippen LogP contribution is 2.34. The third-order valence-corrected chi connectivity index (χ3v) is 3.05. The molecular formula is C12H6Cl2F3NO2. The number of benzene rings is 1. The van der Waals surface area contributed by atoms with Gasteiger partial charge in [-0.25, -0.2) is 4.79 Å². The van der Waals surface area contributed by atoms with Crippen molar-refractivity contribution in [3.8, 4) is 5.69 Å². The molecule has 3 nitrogen and oxygen atoms in total. The molecule has 1 aromatic heterocycles. The van der Waals surface area contributed by atoms with E-state index in [-0.39, 0.29) is 21.4 Å². The fourth-order valence-corrected chi connectivity index (χ4v) is 2.15. The summed E-state index contributed by atoms with van der Waals surface area (Å²) in [5.41, 5.74) is -1.01. The summed E-state index contributed by atoms with van der Waals surface area (Å²) >= 11 is 11.5. The summed E-state index contributed by atoms with van der Waals surface area (Å²) in [6.45, 7) is 0. The molecule has 0 aliphatic heterocycles. The summed E-state index contributed by atoms with van der Waals surface area (Å²) in [5.74, 6) is -1.27. The second-order valence-electron chi connectivity index (χ2n) is 3.88. The van der Waals surface area contributed by atoms with Gasteiger partial charge in [-0.15, -0.1) is 0 Å². The Balaban J connectivity index is 2.57. The normalized spacial score (nSPS) is 11.7. The number of aromatic carboxylic acids is 1. The number of hydrogen-bond donors (Lipinski definition) is 1. The second kappa shape index (κ2) is 5.03. The molecule has 1 heterocycles. The van der Waals surface area contributed by atoms with E-state index >= 15 is 0 Å². The minimum absolute atomic E-state index is 0.101. The molecule has 0 radical (unpaired) electrons. The topological polar surface area (TPSA) is 42.2 Å². The molecule has 0 atom stereocenters. The third-order valence-electron chi connectivity index (χ3n) is 2.54. The molecule has 106 valence electrons. The van der Waals surface area contributed by atoms with Crippen molar-refractivity contribution >= 4 is 29.2 Å². The molecular weight excluding hydrogens is 318 g/mol. The van der Waals surface area contributed by atoms with Gasteiger partial charge >= 0.3 is 12.1 Å². The molecule has 1 N–H and O–H groups in total. The summed E-state index contributed by atoms with van der Waals surface area (Å²) in [7, 11) is 0. The number of halogens is 5. The van der Waals surface area contributed by atoms with E-state index in [1.54, 1.807) is 0 Å². The van der Waals surface area contributed by atoms with E-state index in [2.05, 4.69) is 0 Å². The van der Waals surface area contributed by atoms with Crippen molar-refractivity contribution in [2.75, 3.05) is 0 Å². The minimum atomic E-state index is -4.52. The van der Waals surface area contributed by atoms with E-state index in [0.29, 0.717) is 0 Å². The van der Waals surface area contributed by atoms with Crippen LogP contribution in [0.15, 0.2) is 30.5 Å². The largest absolute Gasteiger partial charge is 0.477 e. The van der Waals surface area contributed by atoms with Crippen molar-refractivity contribution < 1.29 is 23.1 Å². The highest BCUT2D eigenvalue weighted by atomic mass is 35.5. The predicted octanol–water partition coefficient (Wildman–Crippen LogP) is 4.50. The number of nitrogens with zero attached hydrogens (tertiary/aromatic N) is 1. The number of rotatable bonds is 2. The fraction of sp³-hybridized carbons (Fsp3) is 0.0833. The number of alkyl halides is 3. The third kappa shape index (κ3) is 2.76. The zero-order valence-corrected chi connectivity index (χ0v) is 11.1. The molecule has 0 aliphatic rings. The van der Waals surface area contributed by atoms with E-state index < -0.39 is 17.7 Å². The van der Waals surface area contributed by atoms with Crippen LogP contribution in [0.1, 0.15) is 16.1 Å². The predicted molar refractivity (Wildman–Crippen MR) is 67.8 cm³/mol. The smallest absolute Gasteiger partial charge is 0.416 e. The molecule has 2 rings (SSSR count). The summed E-state index contributed by atoms with van der Waals surface area (Å²) in [6.07, 6.45) is -3.26. The van der Waals surface area contributed by atoms with Crippen LogP contribution in [0.4, 0.5) is 13.2 Å². The summed E-state index contributed by atoms with van der Waals surface area (Å²) in [6, 6.07) is 3.82. The van der Waals surface area contributed by atoms with E-state index in [4.69, 9.17) is 28.3 Å². The van der Waals surface area contributed by atoms with Crippen molar-refractivity contribution in [2.45, 2.75) is 6.18 Å². The van der Waals surface area contributed by atoms with Crippen molar-refractivity contribution in [3.05, 3.63) is 51.8 Å². The lowest BCUT2D eigenvalue weighted by atomic mass is 10.2. The molecule has 8 heteroatoms. The molecule has 0 aliphatic carbocycles. The van der Waals surface area contributed by atoms with Gasteiger partial charge < -0.3 is 9.67 Å². The Morgan fingerprint density at radius 1 is 1.20 bits per heavy atom. The lowest BCUT2D eigenvalue weighted by Crippen LogP contribution is -2.08. The van der Waals surface area contributed by atoms with Crippen molar-refractivity contribution in [2.24, 2.45) is 0 Å². The van der Waals surface area contributed by atoms with Crippen molar-refractivity contribution in [1.29, 1.82) is 0 Å². The zero-order valence-electron chi connectivity index (χ0n) is 9.58. The maximum absolute atomic E-state index is 12.5. The molecule has 0 saturated heterocycles. The van der Waals surface area contributed by atoms with E-state index in [0.717, 1.165) is 22.8 Å². The van der Waals surface area contributed by atoms with Crippen LogP contribution in [0, 0.1) is 0 Å². The van der Waals surface area contributed by atoms with Gasteiger partial charge in [-0.2, -0.15) is 13.2 Å². The lowest BCUT2D eigenvalue weighted by Gasteiger charge is -2.12. The second-order valence-corrected chi connectivity index (χ2v) is 4.73. The van der Waals surface area contributed by atoms with E-state index in [9.17, 15) is 18.0 Å². The Bertz CT molecular complexity index is 680. The summed E-state index contributed by atoms with van der Waals surface area (Å²) < 4.78 is 38.7. The maximum atomic E-state index is 12.5. The maximum Gasteiger partial charge on any atom is 0.416 e. The number of carboxylic acid groups (broad SMARTS) is 1. The standard InChI is InChI=1S/C12H6Cl2F3NO2/c13-7-4-10(11(19)20)18(5-7)9-2-1-6(3-8(9)14)12(15,16)17/h1-5H,(H,19,20). The van der Waals surface area contributed by atoms with Crippen molar-refractivity contribution in [3.63, 3.8) is 0 Å². The molecule has 0 bridgehead atoms. The summed E-state index contributed by atoms with van der Waals surface area (Å²) in [4.78, 5) is 11.0. The van der Waals surface area contributed by atoms with Crippen LogP contribution in [-0.2, 0) is 6.18 Å². The Kier molecular flexibility index (Phi) is 3.71. The quantitative estimate of drug-likeness (QED) is 0.884. The van der Waals surface area contributed by atoms with Gasteiger partial charge in [-0.1, -0.05) is 23.2 Å². The molecule has 20 heavy (non-hydrogen) atoms. The molecule has 0 amide bonds. The molecule has 0 fully saturated rings. The Morgan fingerprint density at radius 3 is 2.35 bits per heavy atom. The Hall–Kier alpha value is -1.66. The average molecular weight is 324 g/mol. The van der Waals surface area contributed by atoms with Gasteiger partial charge in [0.25, 0.3) is 0 Å². The molecule has 0 spiro atoms. The first-order valence-corrected chi connectivity index (χ1v) is 5.94. The number of aromatic nitrogens is 1. The highest BCUT2D eigenvalue weighted by molar-refractivity contribution is 6.33.